The molecule has 166 valence electrons. The highest BCUT2D eigenvalue weighted by Crippen LogP contribution is 2.27. The van der Waals surface area contributed by atoms with E-state index in [4.69, 9.17) is 5.73 Å². The molecule has 2 amide bonds. The average molecular weight is 450 g/mol. The number of hydrogen-bond acceptors (Lipinski definition) is 6. The molecule has 3 N–H and O–H groups in total. The third kappa shape index (κ3) is 5.70. The van der Waals surface area contributed by atoms with Crippen molar-refractivity contribution in [3.63, 3.8) is 0 Å². The van der Waals surface area contributed by atoms with Crippen LogP contribution in [0.25, 0.3) is 11.3 Å². The number of carbonyl (C=O) groups excluding carboxylic acids is 2. The van der Waals surface area contributed by atoms with Crippen LogP contribution in [0.2, 0.25) is 0 Å². The molecule has 1 aliphatic carbocycles. The summed E-state index contributed by atoms with van der Waals surface area (Å²) in [6, 6.07) is 13.2. The van der Waals surface area contributed by atoms with Crippen molar-refractivity contribution < 1.29 is 9.59 Å². The molecule has 0 spiro atoms. The van der Waals surface area contributed by atoms with Crippen LogP contribution in [0.3, 0.4) is 0 Å². The first-order valence-electron chi connectivity index (χ1n) is 10.9. The van der Waals surface area contributed by atoms with E-state index in [1.165, 1.54) is 11.3 Å². The van der Waals surface area contributed by atoms with E-state index in [9.17, 15) is 9.59 Å². The number of pyridine rings is 1. The number of benzene rings is 1. The number of nitrogen functional groups attached to an aromatic ring is 1. The quantitative estimate of drug-likeness (QED) is 0.542. The van der Waals surface area contributed by atoms with Crippen LogP contribution in [-0.4, -0.2) is 39.8 Å². The van der Waals surface area contributed by atoms with E-state index in [0.29, 0.717) is 23.8 Å². The van der Waals surface area contributed by atoms with Crippen molar-refractivity contribution in [1.82, 2.24) is 14.9 Å². The van der Waals surface area contributed by atoms with Crippen LogP contribution >= 0.6 is 11.3 Å². The standard InChI is InChI=1S/C24H27N5O2S/c25-24-28-21(16-32-24)17-8-10-20(11-9-17)27-22(30)15-29(23(31)18-5-1-2-6-18)14-12-19-7-3-4-13-26-19/h3-4,7-11,13,16,18H,1-2,5-6,12,14-15H2,(H2,25,28)(H,27,30). The third-order valence-corrected chi connectivity index (χ3v) is 6.37. The van der Waals surface area contributed by atoms with E-state index in [-0.39, 0.29) is 24.3 Å². The lowest BCUT2D eigenvalue weighted by molar-refractivity contribution is -0.138. The van der Waals surface area contributed by atoms with E-state index in [1.807, 2.05) is 47.8 Å². The monoisotopic (exact) mass is 449 g/mol. The summed E-state index contributed by atoms with van der Waals surface area (Å²) >= 11 is 1.39. The fourth-order valence-corrected chi connectivity index (χ4v) is 4.58. The van der Waals surface area contributed by atoms with E-state index >= 15 is 0 Å². The van der Waals surface area contributed by atoms with Gasteiger partial charge in [0.25, 0.3) is 0 Å². The molecule has 4 rings (SSSR count). The number of carbonyl (C=O) groups is 2. The van der Waals surface area contributed by atoms with Crippen LogP contribution in [0.1, 0.15) is 31.4 Å². The fraction of sp³-hybridized carbons (Fsp3) is 0.333. The Balaban J connectivity index is 1.39. The Morgan fingerprint density at radius 3 is 2.56 bits per heavy atom. The smallest absolute Gasteiger partial charge is 0.243 e. The number of hydrogen-bond donors (Lipinski definition) is 2. The van der Waals surface area contributed by atoms with Crippen molar-refractivity contribution in [2.45, 2.75) is 32.1 Å². The number of anilines is 2. The Hall–Kier alpha value is -3.26. The number of rotatable bonds is 8. The fourth-order valence-electron chi connectivity index (χ4n) is 4.01. The Morgan fingerprint density at radius 1 is 1.12 bits per heavy atom. The van der Waals surface area contributed by atoms with Gasteiger partial charge in [0.05, 0.1) is 12.2 Å². The first-order valence-corrected chi connectivity index (χ1v) is 11.8. The van der Waals surface area contributed by atoms with Crippen molar-refractivity contribution in [2.24, 2.45) is 5.92 Å². The highest BCUT2D eigenvalue weighted by Gasteiger charge is 2.28. The summed E-state index contributed by atoms with van der Waals surface area (Å²) in [5.74, 6) is -0.107. The molecule has 8 heteroatoms. The number of amides is 2. The molecule has 3 aromatic rings. The molecule has 2 heterocycles. The summed E-state index contributed by atoms with van der Waals surface area (Å²) in [5.41, 5.74) is 9.04. The van der Waals surface area contributed by atoms with Gasteiger partial charge < -0.3 is 16.0 Å². The van der Waals surface area contributed by atoms with Crippen LogP contribution < -0.4 is 11.1 Å². The van der Waals surface area contributed by atoms with E-state index in [1.54, 1.807) is 11.1 Å². The molecule has 1 saturated carbocycles. The second-order valence-electron chi connectivity index (χ2n) is 8.01. The lowest BCUT2D eigenvalue weighted by Crippen LogP contribution is -2.42. The minimum atomic E-state index is -0.206. The molecular weight excluding hydrogens is 422 g/mol. The van der Waals surface area contributed by atoms with E-state index < -0.39 is 0 Å². The Kier molecular flexibility index (Phi) is 7.11. The van der Waals surface area contributed by atoms with Crippen molar-refractivity contribution in [1.29, 1.82) is 0 Å². The Morgan fingerprint density at radius 2 is 1.91 bits per heavy atom. The molecule has 1 aromatic carbocycles. The van der Waals surface area contributed by atoms with Crippen LogP contribution in [-0.2, 0) is 16.0 Å². The van der Waals surface area contributed by atoms with Crippen molar-refractivity contribution >= 4 is 34.0 Å². The number of nitrogens with one attached hydrogen (secondary N) is 1. The maximum absolute atomic E-state index is 13.1. The molecule has 0 saturated heterocycles. The van der Waals surface area contributed by atoms with Gasteiger partial charge in [0, 0.05) is 47.4 Å². The molecule has 0 aliphatic heterocycles. The molecule has 1 fully saturated rings. The van der Waals surface area contributed by atoms with Crippen LogP contribution in [0.15, 0.2) is 54.0 Å². The van der Waals surface area contributed by atoms with Gasteiger partial charge in [-0.15, -0.1) is 11.3 Å². The second kappa shape index (κ2) is 10.4. The molecule has 0 unspecified atom stereocenters. The van der Waals surface area contributed by atoms with Gasteiger partial charge in [0.1, 0.15) is 0 Å². The van der Waals surface area contributed by atoms with Gasteiger partial charge in [-0.05, 0) is 37.1 Å². The molecule has 0 bridgehead atoms. The van der Waals surface area contributed by atoms with Crippen LogP contribution in [0.4, 0.5) is 10.8 Å². The van der Waals surface area contributed by atoms with Gasteiger partial charge in [-0.25, -0.2) is 4.98 Å². The van der Waals surface area contributed by atoms with E-state index in [2.05, 4.69) is 15.3 Å². The minimum Gasteiger partial charge on any atom is -0.375 e. The molecule has 7 nitrogen and oxygen atoms in total. The van der Waals surface area contributed by atoms with Gasteiger partial charge in [0.2, 0.25) is 11.8 Å². The predicted octanol–water partition coefficient (Wildman–Crippen LogP) is 3.99. The number of nitrogens with two attached hydrogens (primary N) is 1. The van der Waals surface area contributed by atoms with Gasteiger partial charge in [-0.3, -0.25) is 14.6 Å². The van der Waals surface area contributed by atoms with Crippen LogP contribution in [0, 0.1) is 5.92 Å². The lowest BCUT2D eigenvalue weighted by Gasteiger charge is -2.25. The molecular formula is C24H27N5O2S. The SMILES string of the molecule is Nc1nc(-c2ccc(NC(=O)CN(CCc3ccccn3)C(=O)C3CCCC3)cc2)cs1. The summed E-state index contributed by atoms with van der Waals surface area (Å²) in [7, 11) is 0. The summed E-state index contributed by atoms with van der Waals surface area (Å²) in [5, 5.41) is 5.33. The summed E-state index contributed by atoms with van der Waals surface area (Å²) in [4.78, 5) is 36.1. The normalized spacial score (nSPS) is 13.8. The zero-order valence-electron chi connectivity index (χ0n) is 17.9. The zero-order chi connectivity index (χ0) is 22.3. The first-order chi connectivity index (χ1) is 15.6. The third-order valence-electron chi connectivity index (χ3n) is 5.70. The molecule has 2 aromatic heterocycles. The molecule has 0 atom stereocenters. The van der Waals surface area contributed by atoms with Gasteiger partial charge >= 0.3 is 0 Å². The maximum atomic E-state index is 13.1. The van der Waals surface area contributed by atoms with Crippen molar-refractivity contribution in [3.05, 3.63) is 59.7 Å². The van der Waals surface area contributed by atoms with Gasteiger partial charge in [-0.1, -0.05) is 31.0 Å². The molecule has 0 radical (unpaired) electrons. The van der Waals surface area contributed by atoms with E-state index in [0.717, 1.165) is 42.6 Å². The molecule has 1 aliphatic rings. The van der Waals surface area contributed by atoms with Crippen molar-refractivity contribution in [2.75, 3.05) is 24.1 Å². The summed E-state index contributed by atoms with van der Waals surface area (Å²) in [6.07, 6.45) is 6.33. The number of nitrogens with zero attached hydrogens (tertiary/aromatic N) is 3. The maximum Gasteiger partial charge on any atom is 0.243 e. The topological polar surface area (TPSA) is 101 Å². The zero-order valence-corrected chi connectivity index (χ0v) is 18.7. The van der Waals surface area contributed by atoms with Crippen LogP contribution in [0.5, 0.6) is 0 Å². The number of aromatic nitrogens is 2. The Labute approximate surface area is 191 Å². The lowest BCUT2D eigenvalue weighted by atomic mass is 10.1. The van der Waals surface area contributed by atoms with Gasteiger partial charge in [-0.2, -0.15) is 0 Å². The van der Waals surface area contributed by atoms with Crippen molar-refractivity contribution in [3.8, 4) is 11.3 Å². The highest BCUT2D eigenvalue weighted by molar-refractivity contribution is 7.13. The first kappa shape index (κ1) is 22.0. The Bertz CT molecular complexity index is 1050. The highest BCUT2D eigenvalue weighted by atomic mass is 32.1. The minimum absolute atomic E-state index is 0.0244. The summed E-state index contributed by atoms with van der Waals surface area (Å²) in [6.45, 7) is 0.510. The second-order valence-corrected chi connectivity index (χ2v) is 8.90. The number of thiazole rings is 1. The predicted molar refractivity (Wildman–Crippen MR) is 127 cm³/mol. The summed E-state index contributed by atoms with van der Waals surface area (Å²) < 4.78 is 0. The van der Waals surface area contributed by atoms with Gasteiger partial charge in [0.15, 0.2) is 5.13 Å². The molecule has 32 heavy (non-hydrogen) atoms. The largest absolute Gasteiger partial charge is 0.375 e. The average Bonchev–Trinajstić information content (AvgIpc) is 3.49.